The van der Waals surface area contributed by atoms with E-state index in [2.05, 4.69) is 12.0 Å². The highest BCUT2D eigenvalue weighted by Crippen LogP contribution is 2.19. The number of aryl methyl sites for hydroxylation is 1. The van der Waals surface area contributed by atoms with E-state index in [0.29, 0.717) is 5.52 Å². The lowest BCUT2D eigenvalue weighted by Crippen LogP contribution is -1.97. The third-order valence-electron chi connectivity index (χ3n) is 2.49. The summed E-state index contributed by atoms with van der Waals surface area (Å²) in [6, 6.07) is 4.76. The maximum Gasteiger partial charge on any atom is 0.271 e. The molecule has 2 rings (SSSR count). The highest BCUT2D eigenvalue weighted by molar-refractivity contribution is 5.80. The molecular formula is C11H13N3O2. The molecule has 2 aromatic rings. The molecule has 0 amide bonds. The molecule has 1 aromatic heterocycles. The number of hydrogen-bond acceptors (Lipinski definition) is 3. The predicted octanol–water partition coefficient (Wildman–Crippen LogP) is 2.74. The largest absolute Gasteiger partial charge is 0.272 e. The van der Waals surface area contributed by atoms with Crippen LogP contribution in [0.2, 0.25) is 0 Å². The van der Waals surface area contributed by atoms with Crippen LogP contribution in [-0.2, 0) is 6.54 Å². The van der Waals surface area contributed by atoms with Gasteiger partial charge in [-0.2, -0.15) is 5.10 Å². The minimum absolute atomic E-state index is 0.0910. The standard InChI is InChI=1S/C11H13N3O2/c1-2-3-6-13-8-9-4-5-10(14(15)16)7-11(9)12-13/h4-5,7-8H,2-3,6H2,1H3. The first-order chi connectivity index (χ1) is 7.70. The molecule has 1 heterocycles. The summed E-state index contributed by atoms with van der Waals surface area (Å²) in [6.45, 7) is 2.98. The number of fused-ring (bicyclic) bond motifs is 1. The van der Waals surface area contributed by atoms with Crippen LogP contribution < -0.4 is 0 Å². The minimum atomic E-state index is -0.398. The Labute approximate surface area is 92.8 Å². The molecule has 0 aliphatic rings. The maximum atomic E-state index is 10.6. The topological polar surface area (TPSA) is 61.0 Å². The van der Waals surface area contributed by atoms with Crippen molar-refractivity contribution in [2.75, 3.05) is 0 Å². The Balaban J connectivity index is 2.34. The number of benzene rings is 1. The fraction of sp³-hybridized carbons (Fsp3) is 0.364. The third kappa shape index (κ3) is 2.03. The Morgan fingerprint density at radius 3 is 3.00 bits per heavy atom. The molecule has 0 fully saturated rings. The number of nitro benzene ring substituents is 1. The van der Waals surface area contributed by atoms with Crippen LogP contribution in [0, 0.1) is 10.1 Å². The summed E-state index contributed by atoms with van der Waals surface area (Å²) >= 11 is 0. The van der Waals surface area contributed by atoms with Gasteiger partial charge in [-0.15, -0.1) is 0 Å². The minimum Gasteiger partial charge on any atom is -0.272 e. The molecule has 0 aliphatic heterocycles. The lowest BCUT2D eigenvalue weighted by Gasteiger charge is -1.96. The zero-order chi connectivity index (χ0) is 11.5. The molecule has 16 heavy (non-hydrogen) atoms. The fourth-order valence-electron chi connectivity index (χ4n) is 1.60. The summed E-state index contributed by atoms with van der Waals surface area (Å²) in [7, 11) is 0. The van der Waals surface area contributed by atoms with E-state index in [0.717, 1.165) is 24.8 Å². The van der Waals surface area contributed by atoms with Gasteiger partial charge in [-0.3, -0.25) is 14.8 Å². The monoisotopic (exact) mass is 219 g/mol. The second kappa shape index (κ2) is 4.30. The van der Waals surface area contributed by atoms with Crippen LogP contribution in [-0.4, -0.2) is 14.7 Å². The van der Waals surface area contributed by atoms with Crippen molar-refractivity contribution in [3.63, 3.8) is 0 Å². The van der Waals surface area contributed by atoms with E-state index in [1.807, 2.05) is 10.9 Å². The van der Waals surface area contributed by atoms with Gasteiger partial charge in [0.15, 0.2) is 0 Å². The van der Waals surface area contributed by atoms with Crippen molar-refractivity contribution in [1.29, 1.82) is 0 Å². The molecule has 5 nitrogen and oxygen atoms in total. The molecule has 0 spiro atoms. The molecule has 0 aliphatic carbocycles. The number of hydrogen-bond donors (Lipinski definition) is 0. The number of aromatic nitrogens is 2. The molecule has 0 radical (unpaired) electrons. The van der Waals surface area contributed by atoms with Crippen LogP contribution in [0.5, 0.6) is 0 Å². The summed E-state index contributed by atoms with van der Waals surface area (Å²) in [5.41, 5.74) is 0.776. The van der Waals surface area contributed by atoms with Crippen LogP contribution in [0.3, 0.4) is 0 Å². The second-order valence-electron chi connectivity index (χ2n) is 3.75. The van der Waals surface area contributed by atoms with E-state index in [1.54, 1.807) is 6.07 Å². The second-order valence-corrected chi connectivity index (χ2v) is 3.75. The summed E-state index contributed by atoms with van der Waals surface area (Å²) in [6.07, 6.45) is 4.10. The molecular weight excluding hydrogens is 206 g/mol. The lowest BCUT2D eigenvalue weighted by atomic mass is 10.2. The van der Waals surface area contributed by atoms with E-state index in [-0.39, 0.29) is 5.69 Å². The number of rotatable bonds is 4. The average molecular weight is 219 g/mol. The first-order valence-corrected chi connectivity index (χ1v) is 5.32. The van der Waals surface area contributed by atoms with Gasteiger partial charge >= 0.3 is 0 Å². The summed E-state index contributed by atoms with van der Waals surface area (Å²) in [5, 5.41) is 15.8. The highest BCUT2D eigenvalue weighted by Gasteiger charge is 2.08. The number of non-ortho nitro benzene ring substituents is 1. The van der Waals surface area contributed by atoms with Gasteiger partial charge < -0.3 is 0 Å². The Morgan fingerprint density at radius 1 is 1.50 bits per heavy atom. The molecule has 0 bridgehead atoms. The Kier molecular flexibility index (Phi) is 2.85. The van der Waals surface area contributed by atoms with Crippen molar-refractivity contribution in [1.82, 2.24) is 9.78 Å². The first kappa shape index (κ1) is 10.6. The number of unbranched alkanes of at least 4 members (excludes halogenated alkanes) is 1. The van der Waals surface area contributed by atoms with Gasteiger partial charge in [-0.25, -0.2) is 0 Å². The van der Waals surface area contributed by atoms with Crippen LogP contribution in [0.25, 0.3) is 10.9 Å². The lowest BCUT2D eigenvalue weighted by molar-refractivity contribution is -0.384. The van der Waals surface area contributed by atoms with Crippen molar-refractivity contribution in [2.24, 2.45) is 0 Å². The molecule has 1 aromatic carbocycles. The van der Waals surface area contributed by atoms with Crippen LogP contribution in [0.4, 0.5) is 5.69 Å². The van der Waals surface area contributed by atoms with Crippen molar-refractivity contribution >= 4 is 16.6 Å². The fourth-order valence-corrected chi connectivity index (χ4v) is 1.60. The Bertz CT molecular complexity index is 519. The van der Waals surface area contributed by atoms with Gasteiger partial charge in [-0.1, -0.05) is 13.3 Å². The molecule has 0 saturated carbocycles. The van der Waals surface area contributed by atoms with Gasteiger partial charge in [0.05, 0.1) is 10.4 Å². The zero-order valence-corrected chi connectivity index (χ0v) is 9.09. The van der Waals surface area contributed by atoms with Gasteiger partial charge in [0.2, 0.25) is 0 Å². The van der Waals surface area contributed by atoms with E-state index >= 15 is 0 Å². The smallest absolute Gasteiger partial charge is 0.271 e. The SMILES string of the molecule is CCCCn1cc2ccc([N+](=O)[O-])cc2n1. The highest BCUT2D eigenvalue weighted by atomic mass is 16.6. The summed E-state index contributed by atoms with van der Waals surface area (Å²) in [4.78, 5) is 10.2. The zero-order valence-electron chi connectivity index (χ0n) is 9.09. The van der Waals surface area contributed by atoms with Crippen molar-refractivity contribution in [3.8, 4) is 0 Å². The predicted molar refractivity (Wildman–Crippen MR) is 61.3 cm³/mol. The quantitative estimate of drug-likeness (QED) is 0.586. The van der Waals surface area contributed by atoms with Gasteiger partial charge in [0, 0.05) is 30.3 Å². The number of nitrogens with zero attached hydrogens (tertiary/aromatic N) is 3. The Morgan fingerprint density at radius 2 is 2.31 bits per heavy atom. The van der Waals surface area contributed by atoms with E-state index in [1.165, 1.54) is 12.1 Å². The van der Waals surface area contributed by atoms with Crippen molar-refractivity contribution < 1.29 is 4.92 Å². The molecule has 0 atom stereocenters. The molecule has 0 N–H and O–H groups in total. The molecule has 5 heteroatoms. The third-order valence-corrected chi connectivity index (χ3v) is 2.49. The summed E-state index contributed by atoms with van der Waals surface area (Å²) in [5.74, 6) is 0. The van der Waals surface area contributed by atoms with Crippen LogP contribution in [0.1, 0.15) is 19.8 Å². The number of nitro groups is 1. The van der Waals surface area contributed by atoms with E-state index in [9.17, 15) is 10.1 Å². The van der Waals surface area contributed by atoms with Crippen LogP contribution in [0.15, 0.2) is 24.4 Å². The Hall–Kier alpha value is -1.91. The summed E-state index contributed by atoms with van der Waals surface area (Å²) < 4.78 is 1.85. The first-order valence-electron chi connectivity index (χ1n) is 5.32. The van der Waals surface area contributed by atoms with Crippen molar-refractivity contribution in [2.45, 2.75) is 26.3 Å². The van der Waals surface area contributed by atoms with Crippen molar-refractivity contribution in [3.05, 3.63) is 34.5 Å². The van der Waals surface area contributed by atoms with Gasteiger partial charge in [-0.05, 0) is 12.5 Å². The van der Waals surface area contributed by atoms with E-state index < -0.39 is 4.92 Å². The average Bonchev–Trinajstić information content (AvgIpc) is 2.67. The molecule has 0 saturated heterocycles. The van der Waals surface area contributed by atoms with E-state index in [4.69, 9.17) is 0 Å². The maximum absolute atomic E-state index is 10.6. The van der Waals surface area contributed by atoms with Gasteiger partial charge in [0.1, 0.15) is 0 Å². The van der Waals surface area contributed by atoms with Crippen LogP contribution >= 0.6 is 0 Å². The van der Waals surface area contributed by atoms with Gasteiger partial charge in [0.25, 0.3) is 5.69 Å². The molecule has 84 valence electrons. The normalized spacial score (nSPS) is 10.8. The molecule has 0 unspecified atom stereocenters.